The third-order valence-corrected chi connectivity index (χ3v) is 7.62. The monoisotopic (exact) mass is 736 g/mol. The molecule has 0 atom stereocenters. The van der Waals surface area contributed by atoms with E-state index >= 15 is 0 Å². The Labute approximate surface area is 260 Å². The van der Waals surface area contributed by atoms with Crippen LogP contribution in [0.25, 0.3) is 5.57 Å². The number of hydrogen-bond acceptors (Lipinski definition) is 9. The quantitative estimate of drug-likeness (QED) is 0.0824. The van der Waals surface area contributed by atoms with Crippen LogP contribution in [0.3, 0.4) is 0 Å². The summed E-state index contributed by atoms with van der Waals surface area (Å²) in [5.74, 6) is -21.1. The molecule has 2 rings (SSSR count). The van der Waals surface area contributed by atoms with Gasteiger partial charge in [-0.05, 0) is 30.5 Å². The molecule has 0 unspecified atom stereocenters. The van der Waals surface area contributed by atoms with E-state index in [0.29, 0.717) is 32.3 Å². The molecule has 47 heavy (non-hydrogen) atoms. The minimum Gasteiger partial charge on any atom is -0.374 e. The lowest BCUT2D eigenvalue weighted by Gasteiger charge is -2.32. The lowest BCUT2D eigenvalue weighted by molar-refractivity contribution is -0.382. The lowest BCUT2D eigenvalue weighted by atomic mass is 10.0. The first kappa shape index (κ1) is 39.0. The Kier molecular flexibility index (Phi) is 10.6. The van der Waals surface area contributed by atoms with Crippen LogP contribution in [-0.4, -0.2) is 68.5 Å². The number of nitrogens with one attached hydrogen (secondary N) is 5. The van der Waals surface area contributed by atoms with Crippen LogP contribution in [0.1, 0.15) is 28.8 Å². The van der Waals surface area contributed by atoms with Gasteiger partial charge in [0.25, 0.3) is 5.91 Å². The maximum Gasteiger partial charge on any atom is 0.460 e. The topological polar surface area (TPSA) is 168 Å². The highest BCUT2D eigenvalue weighted by Crippen LogP contribution is 2.55. The molecule has 0 aromatic heterocycles. The molecule has 5 N–H and O–H groups in total. The van der Waals surface area contributed by atoms with Gasteiger partial charge in [-0.3, -0.25) is 10.2 Å². The molecule has 1 saturated carbocycles. The van der Waals surface area contributed by atoms with Crippen LogP contribution in [0.5, 0.6) is 0 Å². The van der Waals surface area contributed by atoms with Crippen LogP contribution >= 0.6 is 11.6 Å². The normalized spacial score (nSPS) is 16.3. The zero-order chi connectivity index (χ0) is 36.6. The SMILES string of the molecule is CN/C(N/C=C(\C=N)c1ccc(Cl)c(C(=O)NC2(C#N)CC2)c1)=C(\C(=N)OS(=O)(=O)C(F)(F)C(F)(F)C(F)(F)C(F)(F)F)C(F)(F)F. The van der Waals surface area contributed by atoms with Crippen molar-refractivity contribution in [2.75, 3.05) is 7.05 Å². The molecule has 0 saturated heterocycles. The molecule has 10 nitrogen and oxygen atoms in total. The first-order valence-corrected chi connectivity index (χ1v) is 13.7. The smallest absolute Gasteiger partial charge is 0.374 e. The summed E-state index contributed by atoms with van der Waals surface area (Å²) in [6.45, 7) is 0. The zero-order valence-electron chi connectivity index (χ0n) is 22.7. The summed E-state index contributed by atoms with van der Waals surface area (Å²) in [4.78, 5) is 12.6. The van der Waals surface area contributed by atoms with Crippen molar-refractivity contribution in [3.05, 3.63) is 51.9 Å². The zero-order valence-corrected chi connectivity index (χ0v) is 24.3. The molecule has 1 aliphatic carbocycles. The summed E-state index contributed by atoms with van der Waals surface area (Å²) in [6.07, 6.45) is -11.9. The van der Waals surface area contributed by atoms with Crippen molar-refractivity contribution < 1.29 is 70.1 Å². The molecule has 0 bridgehead atoms. The number of alkyl halides is 12. The predicted molar refractivity (Wildman–Crippen MR) is 137 cm³/mol. The molecule has 24 heteroatoms. The number of halogens is 13. The van der Waals surface area contributed by atoms with E-state index in [0.717, 1.165) is 18.2 Å². The van der Waals surface area contributed by atoms with Gasteiger partial charge in [0, 0.05) is 25.0 Å². The number of carbonyl (C=O) groups excluding carboxylic acids is 1. The fourth-order valence-electron chi connectivity index (χ4n) is 3.29. The van der Waals surface area contributed by atoms with Gasteiger partial charge in [0.1, 0.15) is 11.4 Å². The molecule has 1 fully saturated rings. The summed E-state index contributed by atoms with van der Waals surface area (Å²) in [7, 11) is -7.28. The first-order chi connectivity index (χ1) is 21.2. The number of nitriles is 1. The molecule has 0 spiro atoms. The summed E-state index contributed by atoms with van der Waals surface area (Å²) >= 11 is 6.01. The van der Waals surface area contributed by atoms with Gasteiger partial charge in [-0.15, -0.1) is 0 Å². The summed E-state index contributed by atoms with van der Waals surface area (Å²) in [5, 5.41) is 22.1. The number of allylic oxidation sites excluding steroid dienone is 1. The minimum atomic E-state index is -7.91. The highest BCUT2D eigenvalue weighted by Gasteiger charge is 2.86. The average Bonchev–Trinajstić information content (AvgIpc) is 3.70. The van der Waals surface area contributed by atoms with E-state index in [-0.39, 0.29) is 16.1 Å². The Hall–Kier alpha value is -4.20. The van der Waals surface area contributed by atoms with Gasteiger partial charge in [-0.25, -0.2) is 0 Å². The van der Waals surface area contributed by atoms with Crippen molar-refractivity contribution in [2.45, 2.75) is 47.8 Å². The molecule has 0 heterocycles. The number of amides is 1. The molecule has 1 aromatic carbocycles. The van der Waals surface area contributed by atoms with Crippen LogP contribution < -0.4 is 16.0 Å². The molecular weight excluding hydrogens is 720 g/mol. The van der Waals surface area contributed by atoms with E-state index in [1.165, 1.54) is 0 Å². The van der Waals surface area contributed by atoms with Crippen LogP contribution in [-0.2, 0) is 14.3 Å². The fraction of sp³-hybridized carbons (Fsp3) is 0.391. The maximum atomic E-state index is 14.0. The van der Waals surface area contributed by atoms with Gasteiger partial charge < -0.3 is 25.5 Å². The highest BCUT2D eigenvalue weighted by molar-refractivity contribution is 7.88. The Bertz CT molecular complexity index is 1660. The second kappa shape index (κ2) is 12.8. The highest BCUT2D eigenvalue weighted by atomic mass is 35.5. The Morgan fingerprint density at radius 3 is 2.02 bits per heavy atom. The van der Waals surface area contributed by atoms with Crippen molar-refractivity contribution in [3.8, 4) is 6.07 Å². The van der Waals surface area contributed by atoms with E-state index in [1.54, 1.807) is 10.6 Å². The largest absolute Gasteiger partial charge is 0.460 e. The second-order valence-corrected chi connectivity index (χ2v) is 11.3. The fourth-order valence-corrected chi connectivity index (χ4v) is 4.34. The molecule has 260 valence electrons. The maximum absolute atomic E-state index is 14.0. The van der Waals surface area contributed by atoms with Gasteiger partial charge in [0.15, 0.2) is 5.57 Å². The van der Waals surface area contributed by atoms with Crippen molar-refractivity contribution in [1.29, 1.82) is 16.1 Å². The van der Waals surface area contributed by atoms with Crippen molar-refractivity contribution in [1.82, 2.24) is 16.0 Å². The third-order valence-electron chi connectivity index (χ3n) is 6.02. The minimum absolute atomic E-state index is 0.130. The number of carbonyl (C=O) groups is 1. The Morgan fingerprint density at radius 1 is 1.04 bits per heavy atom. The van der Waals surface area contributed by atoms with Crippen LogP contribution in [0.4, 0.5) is 52.7 Å². The summed E-state index contributed by atoms with van der Waals surface area (Å²) < 4.78 is 186. The van der Waals surface area contributed by atoms with Crippen molar-refractivity contribution in [2.24, 2.45) is 0 Å². The van der Waals surface area contributed by atoms with Gasteiger partial charge in [0.05, 0.1) is 16.7 Å². The first-order valence-electron chi connectivity index (χ1n) is 11.9. The lowest BCUT2D eigenvalue weighted by Crippen LogP contribution is -2.63. The van der Waals surface area contributed by atoms with Gasteiger partial charge >= 0.3 is 39.6 Å². The summed E-state index contributed by atoms with van der Waals surface area (Å²) in [5.41, 5.74) is -4.69. The van der Waals surface area contributed by atoms with Gasteiger partial charge in [-0.2, -0.15) is 66.4 Å². The van der Waals surface area contributed by atoms with Crippen molar-refractivity contribution >= 4 is 45.3 Å². The summed E-state index contributed by atoms with van der Waals surface area (Å²) in [6, 6.07) is 5.14. The van der Waals surface area contributed by atoms with Crippen LogP contribution in [0, 0.1) is 22.1 Å². The molecule has 0 aliphatic heterocycles. The Morgan fingerprint density at radius 2 is 1.60 bits per heavy atom. The van der Waals surface area contributed by atoms with E-state index < -0.39 is 73.9 Å². The van der Waals surface area contributed by atoms with E-state index in [1.807, 2.05) is 6.07 Å². The number of benzene rings is 1. The standard InChI is InChI=1S/C23H17ClF12N6O4S/c1-40-16(41-8-11(7-37)10-2-3-13(24)12(6-10)17(43)42-18(9-38)4-5-18)14(19(25,26)27)15(39)46-47(44,45)23(35,36)21(30,31)20(28,29)22(32,33)34/h2-3,6-8,37,39-41H,4-5H2,1H3,(H,42,43)/b11-8+,16-14-,37-7?,39-15?. The molecule has 0 radical (unpaired) electrons. The number of rotatable bonds is 12. The van der Waals surface area contributed by atoms with Crippen LogP contribution in [0.2, 0.25) is 5.02 Å². The third kappa shape index (κ3) is 7.53. The number of nitrogens with zero attached hydrogens (tertiary/aromatic N) is 1. The second-order valence-electron chi connectivity index (χ2n) is 9.26. The van der Waals surface area contributed by atoms with Gasteiger partial charge in [-0.1, -0.05) is 17.7 Å². The van der Waals surface area contributed by atoms with E-state index in [4.69, 9.17) is 27.7 Å². The van der Waals surface area contributed by atoms with E-state index in [2.05, 4.69) is 9.50 Å². The predicted octanol–water partition coefficient (Wildman–Crippen LogP) is 5.45. The molecular formula is C23H17ClF12N6O4S. The Balaban J connectivity index is 2.53. The number of hydrogen-bond donors (Lipinski definition) is 5. The molecule has 1 aliphatic rings. The molecule has 1 aromatic rings. The van der Waals surface area contributed by atoms with Gasteiger partial charge in [0.2, 0.25) is 5.90 Å². The molecule has 1 amide bonds. The van der Waals surface area contributed by atoms with Crippen molar-refractivity contribution in [3.63, 3.8) is 0 Å². The van der Waals surface area contributed by atoms with Crippen LogP contribution in [0.15, 0.2) is 35.8 Å². The van der Waals surface area contributed by atoms with E-state index in [9.17, 15) is 65.9 Å². The average molecular weight is 737 g/mol.